The molecule has 0 spiro atoms. The summed E-state index contributed by atoms with van der Waals surface area (Å²) in [7, 11) is 0. The van der Waals surface area contributed by atoms with Gasteiger partial charge in [-0.05, 0) is 25.0 Å². The van der Waals surface area contributed by atoms with Crippen molar-refractivity contribution in [2.75, 3.05) is 0 Å². The number of aromatic nitrogens is 2. The van der Waals surface area contributed by atoms with Crippen LogP contribution in [0.3, 0.4) is 0 Å². The zero-order valence-corrected chi connectivity index (χ0v) is 10.4. The lowest BCUT2D eigenvalue weighted by Crippen LogP contribution is -2.06. The second-order valence-corrected chi connectivity index (χ2v) is 4.42. The summed E-state index contributed by atoms with van der Waals surface area (Å²) in [5.74, 6) is 1.78. The molecule has 0 unspecified atom stereocenters. The second kappa shape index (κ2) is 4.69. The number of hydrogen-bond acceptors (Lipinski definition) is 1. The first-order valence-corrected chi connectivity index (χ1v) is 6.23. The summed E-state index contributed by atoms with van der Waals surface area (Å²) >= 11 is 0. The van der Waals surface area contributed by atoms with Crippen molar-refractivity contribution in [3.63, 3.8) is 0 Å². The normalized spacial score (nSPS) is 13.2. The van der Waals surface area contributed by atoms with Gasteiger partial charge < -0.3 is 4.57 Å². The molecule has 2 heteroatoms. The molecule has 0 bridgehead atoms. The van der Waals surface area contributed by atoms with Crippen LogP contribution >= 0.6 is 0 Å². The zero-order chi connectivity index (χ0) is 11.5. The molecule has 0 radical (unpaired) electrons. The molecule has 0 amide bonds. The third-order valence-corrected chi connectivity index (χ3v) is 3.18. The SMILES string of the molecule is CCCn1c([C@@H](C)CC)nc2ccccc21. The smallest absolute Gasteiger partial charge is 0.112 e. The van der Waals surface area contributed by atoms with Gasteiger partial charge in [-0.15, -0.1) is 0 Å². The Balaban J connectivity index is 2.58. The Morgan fingerprint density at radius 3 is 2.69 bits per heavy atom. The van der Waals surface area contributed by atoms with Gasteiger partial charge in [0.25, 0.3) is 0 Å². The van der Waals surface area contributed by atoms with Crippen LogP contribution in [0.15, 0.2) is 24.3 Å². The highest BCUT2D eigenvalue weighted by atomic mass is 15.1. The monoisotopic (exact) mass is 216 g/mol. The van der Waals surface area contributed by atoms with E-state index in [-0.39, 0.29) is 0 Å². The molecule has 1 aromatic heterocycles. The summed E-state index contributed by atoms with van der Waals surface area (Å²) in [5, 5.41) is 0. The third kappa shape index (κ3) is 1.84. The van der Waals surface area contributed by atoms with Crippen LogP contribution in [0, 0.1) is 0 Å². The van der Waals surface area contributed by atoms with Crippen LogP contribution < -0.4 is 0 Å². The van der Waals surface area contributed by atoms with Crippen molar-refractivity contribution in [3.05, 3.63) is 30.1 Å². The van der Waals surface area contributed by atoms with E-state index in [2.05, 4.69) is 49.6 Å². The molecular weight excluding hydrogens is 196 g/mol. The van der Waals surface area contributed by atoms with Crippen LogP contribution in [-0.2, 0) is 6.54 Å². The second-order valence-electron chi connectivity index (χ2n) is 4.42. The maximum absolute atomic E-state index is 4.76. The molecule has 1 heterocycles. The van der Waals surface area contributed by atoms with Gasteiger partial charge in [-0.3, -0.25) is 0 Å². The number of aryl methyl sites for hydroxylation is 1. The Hall–Kier alpha value is -1.31. The van der Waals surface area contributed by atoms with E-state index in [0.717, 1.165) is 24.9 Å². The van der Waals surface area contributed by atoms with E-state index < -0.39 is 0 Å². The van der Waals surface area contributed by atoms with Crippen molar-refractivity contribution in [2.45, 2.75) is 46.1 Å². The first-order chi connectivity index (χ1) is 7.77. The lowest BCUT2D eigenvalue weighted by atomic mass is 10.1. The minimum Gasteiger partial charge on any atom is -0.328 e. The standard InChI is InChI=1S/C14H20N2/c1-4-10-16-13-9-7-6-8-12(13)15-14(16)11(3)5-2/h6-9,11H,4-5,10H2,1-3H3/t11-/m0/s1. The molecule has 2 rings (SSSR count). The van der Waals surface area contributed by atoms with Gasteiger partial charge in [-0.25, -0.2) is 4.98 Å². The maximum Gasteiger partial charge on any atom is 0.112 e. The predicted octanol–water partition coefficient (Wildman–Crippen LogP) is 3.96. The van der Waals surface area contributed by atoms with Crippen molar-refractivity contribution < 1.29 is 0 Å². The minimum absolute atomic E-state index is 0.541. The fourth-order valence-corrected chi connectivity index (χ4v) is 2.11. The van der Waals surface area contributed by atoms with E-state index >= 15 is 0 Å². The van der Waals surface area contributed by atoms with Gasteiger partial charge in [-0.2, -0.15) is 0 Å². The van der Waals surface area contributed by atoms with E-state index in [1.165, 1.54) is 11.3 Å². The highest BCUT2D eigenvalue weighted by Gasteiger charge is 2.14. The summed E-state index contributed by atoms with van der Waals surface area (Å²) in [5.41, 5.74) is 2.41. The van der Waals surface area contributed by atoms with E-state index in [1.54, 1.807) is 0 Å². The quantitative estimate of drug-likeness (QED) is 0.756. The van der Waals surface area contributed by atoms with Gasteiger partial charge in [0.2, 0.25) is 0 Å². The molecule has 0 saturated heterocycles. The van der Waals surface area contributed by atoms with E-state index in [1.807, 2.05) is 0 Å². The largest absolute Gasteiger partial charge is 0.328 e. The molecule has 1 atom stereocenters. The minimum atomic E-state index is 0.541. The van der Waals surface area contributed by atoms with E-state index in [9.17, 15) is 0 Å². The average Bonchev–Trinajstić information content (AvgIpc) is 2.68. The highest BCUT2D eigenvalue weighted by molar-refractivity contribution is 5.76. The van der Waals surface area contributed by atoms with Crippen LogP contribution in [-0.4, -0.2) is 9.55 Å². The van der Waals surface area contributed by atoms with Crippen molar-refractivity contribution >= 4 is 11.0 Å². The highest BCUT2D eigenvalue weighted by Crippen LogP contribution is 2.24. The summed E-state index contributed by atoms with van der Waals surface area (Å²) in [6, 6.07) is 8.43. The lowest BCUT2D eigenvalue weighted by Gasteiger charge is -2.12. The summed E-state index contributed by atoms with van der Waals surface area (Å²) in [6.07, 6.45) is 2.30. The molecule has 16 heavy (non-hydrogen) atoms. The molecule has 0 saturated carbocycles. The number of hydrogen-bond donors (Lipinski definition) is 0. The first kappa shape index (κ1) is 11.2. The number of rotatable bonds is 4. The maximum atomic E-state index is 4.76. The summed E-state index contributed by atoms with van der Waals surface area (Å²) < 4.78 is 2.38. The van der Waals surface area contributed by atoms with Gasteiger partial charge in [0.15, 0.2) is 0 Å². The summed E-state index contributed by atoms with van der Waals surface area (Å²) in [4.78, 5) is 4.76. The van der Waals surface area contributed by atoms with Gasteiger partial charge in [0.1, 0.15) is 5.82 Å². The van der Waals surface area contributed by atoms with Gasteiger partial charge in [-0.1, -0.05) is 32.9 Å². The molecule has 0 fully saturated rings. The van der Waals surface area contributed by atoms with E-state index in [0.29, 0.717) is 5.92 Å². The van der Waals surface area contributed by atoms with E-state index in [4.69, 9.17) is 4.98 Å². The van der Waals surface area contributed by atoms with Crippen molar-refractivity contribution in [3.8, 4) is 0 Å². The number of para-hydroxylation sites is 2. The fourth-order valence-electron chi connectivity index (χ4n) is 2.11. The predicted molar refractivity (Wildman–Crippen MR) is 68.7 cm³/mol. The van der Waals surface area contributed by atoms with Crippen molar-refractivity contribution in [2.24, 2.45) is 0 Å². The Morgan fingerprint density at radius 1 is 1.25 bits per heavy atom. The Kier molecular flexibility index (Phi) is 3.28. The molecule has 0 N–H and O–H groups in total. The fraction of sp³-hybridized carbons (Fsp3) is 0.500. The van der Waals surface area contributed by atoms with Crippen LogP contribution in [0.25, 0.3) is 11.0 Å². The number of nitrogens with zero attached hydrogens (tertiary/aromatic N) is 2. The zero-order valence-electron chi connectivity index (χ0n) is 10.4. The van der Waals surface area contributed by atoms with Crippen LogP contribution in [0.5, 0.6) is 0 Å². The molecule has 0 aliphatic heterocycles. The van der Waals surface area contributed by atoms with Gasteiger partial charge >= 0.3 is 0 Å². The number of imidazole rings is 1. The molecule has 0 aliphatic rings. The van der Waals surface area contributed by atoms with Gasteiger partial charge in [0, 0.05) is 12.5 Å². The van der Waals surface area contributed by atoms with Crippen molar-refractivity contribution in [1.82, 2.24) is 9.55 Å². The summed E-state index contributed by atoms with van der Waals surface area (Å²) in [6.45, 7) is 7.77. The number of fused-ring (bicyclic) bond motifs is 1. The Morgan fingerprint density at radius 2 is 2.00 bits per heavy atom. The van der Waals surface area contributed by atoms with Crippen molar-refractivity contribution in [1.29, 1.82) is 0 Å². The molecule has 1 aromatic carbocycles. The molecule has 2 aromatic rings. The van der Waals surface area contributed by atoms with Crippen LogP contribution in [0.4, 0.5) is 0 Å². The van der Waals surface area contributed by atoms with Crippen LogP contribution in [0.1, 0.15) is 45.4 Å². The third-order valence-electron chi connectivity index (χ3n) is 3.18. The molecule has 86 valence electrons. The molecular formula is C14H20N2. The Bertz CT molecular complexity index is 471. The molecule has 0 aliphatic carbocycles. The lowest BCUT2D eigenvalue weighted by molar-refractivity contribution is 0.591. The Labute approximate surface area is 97.3 Å². The first-order valence-electron chi connectivity index (χ1n) is 6.23. The topological polar surface area (TPSA) is 17.8 Å². The van der Waals surface area contributed by atoms with Gasteiger partial charge in [0.05, 0.1) is 11.0 Å². The number of benzene rings is 1. The molecule has 2 nitrogen and oxygen atoms in total. The van der Waals surface area contributed by atoms with Crippen LogP contribution in [0.2, 0.25) is 0 Å². The average molecular weight is 216 g/mol.